The maximum atomic E-state index is 12.4. The van der Waals surface area contributed by atoms with E-state index in [2.05, 4.69) is 5.10 Å². The van der Waals surface area contributed by atoms with Gasteiger partial charge in [0.2, 0.25) is 0 Å². The standard InChI is InChI=1S/C8H11F2N3/c9-8(10)6-12(7-8)4-5-13-3-1-2-11-13/h1-3H,4-7H2. The Morgan fingerprint density at radius 3 is 2.62 bits per heavy atom. The molecule has 0 radical (unpaired) electrons. The van der Waals surface area contributed by atoms with Crippen molar-refractivity contribution in [2.24, 2.45) is 0 Å². The van der Waals surface area contributed by atoms with E-state index in [1.807, 2.05) is 12.3 Å². The Morgan fingerprint density at radius 2 is 2.08 bits per heavy atom. The molecular weight excluding hydrogens is 176 g/mol. The van der Waals surface area contributed by atoms with Crippen molar-refractivity contribution in [3.63, 3.8) is 0 Å². The van der Waals surface area contributed by atoms with Gasteiger partial charge in [0.05, 0.1) is 19.6 Å². The molecule has 0 N–H and O–H groups in total. The lowest BCUT2D eigenvalue weighted by Crippen LogP contribution is -2.56. The van der Waals surface area contributed by atoms with Crippen molar-refractivity contribution in [1.29, 1.82) is 0 Å². The molecule has 1 fully saturated rings. The van der Waals surface area contributed by atoms with E-state index in [9.17, 15) is 8.78 Å². The Hall–Kier alpha value is -0.970. The van der Waals surface area contributed by atoms with Crippen molar-refractivity contribution in [2.75, 3.05) is 19.6 Å². The van der Waals surface area contributed by atoms with Gasteiger partial charge in [-0.3, -0.25) is 9.58 Å². The molecule has 0 unspecified atom stereocenters. The SMILES string of the molecule is FC1(F)CN(CCn2cccn2)C1. The van der Waals surface area contributed by atoms with Crippen molar-refractivity contribution in [1.82, 2.24) is 14.7 Å². The zero-order chi connectivity index (χ0) is 9.31. The summed E-state index contributed by atoms with van der Waals surface area (Å²) < 4.78 is 26.5. The number of aromatic nitrogens is 2. The van der Waals surface area contributed by atoms with Gasteiger partial charge in [0.25, 0.3) is 5.92 Å². The van der Waals surface area contributed by atoms with E-state index in [0.717, 1.165) is 0 Å². The fourth-order valence-corrected chi connectivity index (χ4v) is 1.44. The lowest BCUT2D eigenvalue weighted by atomic mass is 10.1. The molecule has 0 spiro atoms. The molecule has 13 heavy (non-hydrogen) atoms. The summed E-state index contributed by atoms with van der Waals surface area (Å²) >= 11 is 0. The molecule has 1 aromatic heterocycles. The van der Waals surface area contributed by atoms with Crippen LogP contribution < -0.4 is 0 Å². The maximum Gasteiger partial charge on any atom is 0.272 e. The number of rotatable bonds is 3. The summed E-state index contributed by atoms with van der Waals surface area (Å²) in [5, 5.41) is 3.99. The average molecular weight is 187 g/mol. The molecule has 0 aromatic carbocycles. The van der Waals surface area contributed by atoms with Crippen LogP contribution >= 0.6 is 0 Å². The van der Waals surface area contributed by atoms with E-state index in [0.29, 0.717) is 13.1 Å². The highest BCUT2D eigenvalue weighted by Gasteiger charge is 2.43. The third-order valence-corrected chi connectivity index (χ3v) is 2.11. The van der Waals surface area contributed by atoms with Crippen LogP contribution in [0.5, 0.6) is 0 Å². The van der Waals surface area contributed by atoms with Gasteiger partial charge >= 0.3 is 0 Å². The van der Waals surface area contributed by atoms with Crippen molar-refractivity contribution in [2.45, 2.75) is 12.5 Å². The summed E-state index contributed by atoms with van der Waals surface area (Å²) in [6.07, 6.45) is 3.52. The number of likely N-dealkylation sites (tertiary alicyclic amines) is 1. The van der Waals surface area contributed by atoms with E-state index in [1.165, 1.54) is 0 Å². The second-order valence-corrected chi connectivity index (χ2v) is 3.34. The second-order valence-electron chi connectivity index (χ2n) is 3.34. The highest BCUT2D eigenvalue weighted by Crippen LogP contribution is 2.25. The van der Waals surface area contributed by atoms with Gasteiger partial charge in [-0.25, -0.2) is 8.78 Å². The van der Waals surface area contributed by atoms with Crippen LogP contribution in [0.4, 0.5) is 8.78 Å². The summed E-state index contributed by atoms with van der Waals surface area (Å²) in [5.41, 5.74) is 0. The molecule has 0 bridgehead atoms. The van der Waals surface area contributed by atoms with Crippen molar-refractivity contribution < 1.29 is 8.78 Å². The van der Waals surface area contributed by atoms with E-state index in [1.54, 1.807) is 15.8 Å². The number of alkyl halides is 2. The molecule has 1 aliphatic rings. The summed E-state index contributed by atoms with van der Waals surface area (Å²) in [6, 6.07) is 1.82. The molecule has 72 valence electrons. The first-order valence-electron chi connectivity index (χ1n) is 4.23. The third-order valence-electron chi connectivity index (χ3n) is 2.11. The normalized spacial score (nSPS) is 21.4. The number of hydrogen-bond donors (Lipinski definition) is 0. The Kier molecular flexibility index (Phi) is 2.03. The molecule has 1 saturated heterocycles. The first-order valence-corrected chi connectivity index (χ1v) is 4.23. The smallest absolute Gasteiger partial charge is 0.272 e. The zero-order valence-electron chi connectivity index (χ0n) is 7.16. The summed E-state index contributed by atoms with van der Waals surface area (Å²) in [5.74, 6) is -2.45. The maximum absolute atomic E-state index is 12.4. The third kappa shape index (κ3) is 2.03. The molecule has 0 amide bonds. The van der Waals surface area contributed by atoms with Gasteiger partial charge in [0, 0.05) is 18.9 Å². The molecule has 2 heterocycles. The van der Waals surface area contributed by atoms with Crippen molar-refractivity contribution in [3.8, 4) is 0 Å². The van der Waals surface area contributed by atoms with Crippen LogP contribution in [0.3, 0.4) is 0 Å². The molecule has 5 heteroatoms. The Labute approximate surface area is 74.9 Å². The Morgan fingerprint density at radius 1 is 1.31 bits per heavy atom. The Balaban J connectivity index is 1.71. The first-order chi connectivity index (χ1) is 6.16. The largest absolute Gasteiger partial charge is 0.290 e. The van der Waals surface area contributed by atoms with Gasteiger partial charge in [-0.05, 0) is 6.07 Å². The zero-order valence-corrected chi connectivity index (χ0v) is 7.16. The predicted molar refractivity (Wildman–Crippen MR) is 43.6 cm³/mol. The molecule has 1 aliphatic heterocycles. The lowest BCUT2D eigenvalue weighted by molar-refractivity contribution is -0.131. The summed E-state index contributed by atoms with van der Waals surface area (Å²) in [7, 11) is 0. The van der Waals surface area contributed by atoms with E-state index in [4.69, 9.17) is 0 Å². The van der Waals surface area contributed by atoms with Gasteiger partial charge in [0.15, 0.2) is 0 Å². The van der Waals surface area contributed by atoms with Crippen LogP contribution in [0, 0.1) is 0 Å². The minimum absolute atomic E-state index is 0.103. The molecule has 0 saturated carbocycles. The van der Waals surface area contributed by atoms with Crippen molar-refractivity contribution in [3.05, 3.63) is 18.5 Å². The molecule has 3 nitrogen and oxygen atoms in total. The lowest BCUT2D eigenvalue weighted by Gasteiger charge is -2.38. The topological polar surface area (TPSA) is 21.1 Å². The molecular formula is C8H11F2N3. The fraction of sp³-hybridized carbons (Fsp3) is 0.625. The first kappa shape index (κ1) is 8.62. The van der Waals surface area contributed by atoms with Gasteiger partial charge in [-0.1, -0.05) is 0 Å². The van der Waals surface area contributed by atoms with Gasteiger partial charge in [0.1, 0.15) is 0 Å². The average Bonchev–Trinajstić information content (AvgIpc) is 2.48. The van der Waals surface area contributed by atoms with Crippen molar-refractivity contribution >= 4 is 0 Å². The van der Waals surface area contributed by atoms with Gasteiger partial charge in [-0.2, -0.15) is 5.10 Å². The van der Waals surface area contributed by atoms with Gasteiger partial charge < -0.3 is 0 Å². The minimum atomic E-state index is -2.45. The van der Waals surface area contributed by atoms with Crippen LogP contribution in [0.15, 0.2) is 18.5 Å². The van der Waals surface area contributed by atoms with Crippen LogP contribution in [0.25, 0.3) is 0 Å². The summed E-state index contributed by atoms with van der Waals surface area (Å²) in [6.45, 7) is 1.13. The second kappa shape index (κ2) is 3.06. The summed E-state index contributed by atoms with van der Waals surface area (Å²) in [4.78, 5) is 1.72. The highest BCUT2D eigenvalue weighted by atomic mass is 19.3. The molecule has 0 atom stereocenters. The van der Waals surface area contributed by atoms with Crippen LogP contribution in [-0.4, -0.2) is 40.2 Å². The predicted octanol–water partition coefficient (Wildman–Crippen LogP) is 0.834. The van der Waals surface area contributed by atoms with E-state index in [-0.39, 0.29) is 13.1 Å². The van der Waals surface area contributed by atoms with Gasteiger partial charge in [-0.15, -0.1) is 0 Å². The molecule has 2 rings (SSSR count). The van der Waals surface area contributed by atoms with Crippen LogP contribution in [0.1, 0.15) is 0 Å². The molecule has 0 aliphatic carbocycles. The van der Waals surface area contributed by atoms with E-state index < -0.39 is 5.92 Å². The highest BCUT2D eigenvalue weighted by molar-refractivity contribution is 4.87. The quantitative estimate of drug-likeness (QED) is 0.699. The molecule has 1 aromatic rings. The monoisotopic (exact) mass is 187 g/mol. The number of hydrogen-bond acceptors (Lipinski definition) is 2. The minimum Gasteiger partial charge on any atom is -0.290 e. The Bertz CT molecular complexity index is 263. The number of nitrogens with zero attached hydrogens (tertiary/aromatic N) is 3. The van der Waals surface area contributed by atoms with Crippen LogP contribution in [0.2, 0.25) is 0 Å². The van der Waals surface area contributed by atoms with Crippen LogP contribution in [-0.2, 0) is 6.54 Å². The number of halogens is 2. The fourth-order valence-electron chi connectivity index (χ4n) is 1.44. The van der Waals surface area contributed by atoms with E-state index >= 15 is 0 Å².